The van der Waals surface area contributed by atoms with Crippen LogP contribution < -0.4 is 22.2 Å². The van der Waals surface area contributed by atoms with E-state index in [0.29, 0.717) is 5.82 Å². The fourth-order valence-electron chi connectivity index (χ4n) is 7.54. The number of hydrogen-bond donors (Lipinski definition) is 5. The van der Waals surface area contributed by atoms with Gasteiger partial charge in [0.15, 0.2) is 17.5 Å². The van der Waals surface area contributed by atoms with Crippen LogP contribution in [0.25, 0.3) is 23.0 Å². The molecule has 7 N–H and O–H groups in total. The zero-order chi connectivity index (χ0) is 65.3. The van der Waals surface area contributed by atoms with Gasteiger partial charge in [0.05, 0.1) is 11.9 Å². The van der Waals surface area contributed by atoms with Gasteiger partial charge in [-0.3, -0.25) is 28.1 Å². The number of pyridine rings is 3. The number of aliphatic imine (C=N–C) groups is 1. The lowest BCUT2D eigenvalue weighted by molar-refractivity contribution is -0.180. The number of nitrogens with zero attached hydrogens (tertiary/aromatic N) is 17. The van der Waals surface area contributed by atoms with Crippen LogP contribution in [-0.2, 0) is 25.2 Å². The first-order valence-electron chi connectivity index (χ1n) is 25.4. The second-order valence-corrected chi connectivity index (χ2v) is 19.9. The molecule has 10 rings (SSSR count). The third-order valence-corrected chi connectivity index (χ3v) is 12.5. The van der Waals surface area contributed by atoms with Crippen molar-refractivity contribution in [3.8, 4) is 23.0 Å². The minimum absolute atomic E-state index is 0.0316. The highest BCUT2D eigenvalue weighted by Gasteiger charge is 2.67. The first kappa shape index (κ1) is 67.5. The van der Waals surface area contributed by atoms with Gasteiger partial charge < -0.3 is 31.7 Å². The van der Waals surface area contributed by atoms with Gasteiger partial charge in [-0.1, -0.05) is 18.2 Å². The average Bonchev–Trinajstić information content (AvgIpc) is 1.62. The van der Waals surface area contributed by atoms with Gasteiger partial charge in [0.2, 0.25) is 0 Å². The van der Waals surface area contributed by atoms with Crippen molar-refractivity contribution >= 4 is 47.9 Å². The number of aromatic carboxylic acids is 1. The lowest BCUT2D eigenvalue weighted by Gasteiger charge is -2.21. The number of anilines is 2. The minimum atomic E-state index is -4.48. The number of rotatable bonds is 14. The molecule has 0 bridgehead atoms. The predicted molar refractivity (Wildman–Crippen MR) is 287 cm³/mol. The SMILES string of the molecule is CN(C)C=Nc1cccc(C(=O)N/N=C/N(C)C)n1.Cn1cc(C(=O)Nc2cccc(-c3nncn3C3(C(F)(F)F)CC3)n2)c(C(F)F)n1.Cn1cc(C(=O)O)c(C(F)F)n1.NC1(C(F)(F)F)CC1.Nc1cccc(-c2nncn2C2(C(F)(F)F)CC2)n1. The number of carboxylic acids is 1. The summed E-state index contributed by atoms with van der Waals surface area (Å²) in [4.78, 5) is 54.3. The molecule has 0 unspecified atom stereocenters. The van der Waals surface area contributed by atoms with Gasteiger partial charge in [-0.05, 0) is 74.9 Å². The van der Waals surface area contributed by atoms with Gasteiger partial charge in [0, 0.05) is 54.7 Å². The Bertz CT molecular complexity index is 3590. The number of hydrogen-bond acceptors (Lipinski definition) is 16. The Hall–Kier alpha value is -9.65. The van der Waals surface area contributed by atoms with E-state index in [4.69, 9.17) is 16.6 Å². The standard InChI is InChI=1S/C17H14F5N7O.C12H18N6O.C11H10F3N5.C6H6F2N2O2.C4H6F3N/c1-28-7-9(12(27-28)13(18)19)15(30)25-11-4-2-3-10(24-11)14-26-23-8-29(14)16(5-6-16)17(20,21)22;1-17(2)8-13-11-7-5-6-10(15-11)12(19)16-14-9-18(3)4;12-11(13,14)10(4-5-10)19-6-16-18-9(19)7-2-1-3-8(15)17-7;1-10-2-3(6(11)12)4(9-10)5(7)8;5-4(6,7)3(8)1-2-3/h2-4,7-8,13H,5-6H2,1H3,(H,24,25,30);5-9H,1-4H3,(H,16,19);1-3,6H,4-5H2,(H2,15,17);2,5H,1H3,(H,11,12);1-2,8H2/b;13-8?,14-9+;;;. The number of carboxylic acid groups (broad SMARTS) is 1. The number of aryl methyl sites for hydroxylation is 2. The summed E-state index contributed by atoms with van der Waals surface area (Å²) in [6.45, 7) is 0. The Morgan fingerprint density at radius 2 is 1.12 bits per heavy atom. The lowest BCUT2D eigenvalue weighted by atomic mass is 10.2. The third-order valence-electron chi connectivity index (χ3n) is 12.5. The van der Waals surface area contributed by atoms with E-state index in [1.807, 2.05) is 28.2 Å². The van der Waals surface area contributed by atoms with E-state index in [0.717, 1.165) is 43.5 Å². The third kappa shape index (κ3) is 16.7. The number of hydrazone groups is 1. The van der Waals surface area contributed by atoms with Gasteiger partial charge >= 0.3 is 24.5 Å². The molecule has 88 heavy (non-hydrogen) atoms. The molecule has 3 aliphatic carbocycles. The molecule has 2 amide bonds. The molecule has 0 spiro atoms. The number of nitrogen functional groups attached to an aromatic ring is 1. The van der Waals surface area contributed by atoms with Gasteiger partial charge in [-0.2, -0.15) is 54.8 Å². The van der Waals surface area contributed by atoms with Crippen LogP contribution in [0.15, 0.2) is 89.7 Å². The van der Waals surface area contributed by atoms with E-state index in [-0.39, 0.29) is 90.4 Å². The van der Waals surface area contributed by atoms with Crippen molar-refractivity contribution in [3.63, 3.8) is 0 Å². The number of carbonyl (C=O) groups excluding carboxylic acids is 2. The van der Waals surface area contributed by atoms with Crippen molar-refractivity contribution in [2.24, 2.45) is 29.9 Å². The molecule has 38 heteroatoms. The summed E-state index contributed by atoms with van der Waals surface area (Å²) in [7, 11) is 10.1. The Kier molecular flexibility index (Phi) is 20.7. The van der Waals surface area contributed by atoms with E-state index < -0.39 is 76.8 Å². The number of aromatic nitrogens is 13. The molecule has 7 aromatic rings. The van der Waals surface area contributed by atoms with Crippen LogP contribution in [0.2, 0.25) is 0 Å². The Morgan fingerprint density at radius 1 is 0.648 bits per heavy atom. The summed E-state index contributed by atoms with van der Waals surface area (Å²) in [5.74, 6) is -2.02. The van der Waals surface area contributed by atoms with Crippen molar-refractivity contribution in [1.29, 1.82) is 0 Å². The monoisotopic (exact) mass is 1260 g/mol. The molecule has 3 fully saturated rings. The summed E-state index contributed by atoms with van der Waals surface area (Å²) in [5, 5.41) is 36.1. The minimum Gasteiger partial charge on any atom is -0.478 e. The second kappa shape index (κ2) is 26.9. The lowest BCUT2D eigenvalue weighted by Crippen LogP contribution is -2.39. The van der Waals surface area contributed by atoms with Crippen LogP contribution >= 0.6 is 0 Å². The zero-order valence-corrected chi connectivity index (χ0v) is 46.9. The number of nitrogens with one attached hydrogen (secondary N) is 2. The van der Waals surface area contributed by atoms with Gasteiger partial charge in [-0.15, -0.1) is 20.4 Å². The molecule has 474 valence electrons. The maximum atomic E-state index is 13.5. The normalized spacial score (nSPS) is 15.2. The molecular weight excluding hydrogens is 1210 g/mol. The topological polar surface area (TPSA) is 314 Å². The van der Waals surface area contributed by atoms with Crippen molar-refractivity contribution in [2.75, 3.05) is 39.2 Å². The average molecular weight is 1260 g/mol. The number of halogens is 13. The smallest absolute Gasteiger partial charge is 0.412 e. The summed E-state index contributed by atoms with van der Waals surface area (Å²) >= 11 is 0. The van der Waals surface area contributed by atoms with E-state index >= 15 is 0 Å². The molecule has 25 nitrogen and oxygen atoms in total. The van der Waals surface area contributed by atoms with Gasteiger partial charge in [0.1, 0.15) is 81.3 Å². The number of alkyl halides is 13. The van der Waals surface area contributed by atoms with E-state index in [2.05, 4.69) is 66.4 Å². The summed E-state index contributed by atoms with van der Waals surface area (Å²) in [6.07, 6.45) is -11.4. The summed E-state index contributed by atoms with van der Waals surface area (Å²) in [5.41, 5.74) is 5.37. The molecule has 0 aliphatic heterocycles. The second-order valence-electron chi connectivity index (χ2n) is 19.9. The molecular formula is C50H54F13N21O4. The predicted octanol–water partition coefficient (Wildman–Crippen LogP) is 7.92. The highest BCUT2D eigenvalue weighted by Crippen LogP contribution is 2.57. The molecule has 0 aromatic carbocycles. The van der Waals surface area contributed by atoms with Crippen molar-refractivity contribution in [1.82, 2.24) is 79.3 Å². The quantitative estimate of drug-likeness (QED) is 0.0299. The maximum Gasteiger partial charge on any atom is 0.412 e. The van der Waals surface area contributed by atoms with Crippen LogP contribution in [0.1, 0.15) is 94.0 Å². The van der Waals surface area contributed by atoms with Crippen LogP contribution in [0.4, 0.5) is 74.5 Å². The fraction of sp³-hybridized carbons (Fsp3) is 0.400. The molecule has 3 saturated carbocycles. The number of amides is 2. The molecule has 0 saturated heterocycles. The van der Waals surface area contributed by atoms with Crippen molar-refractivity contribution in [2.45, 2.75) is 86.5 Å². The van der Waals surface area contributed by atoms with Gasteiger partial charge in [0.25, 0.3) is 24.7 Å². The van der Waals surface area contributed by atoms with Crippen LogP contribution in [0.3, 0.4) is 0 Å². The Labute approximate surface area is 489 Å². The van der Waals surface area contributed by atoms with Crippen LogP contribution in [-0.4, -0.2) is 162 Å². The van der Waals surface area contributed by atoms with Crippen LogP contribution in [0.5, 0.6) is 0 Å². The molecule has 7 aromatic heterocycles. The number of nitrogens with two attached hydrogens (primary N) is 2. The first-order valence-corrected chi connectivity index (χ1v) is 25.4. The largest absolute Gasteiger partial charge is 0.478 e. The van der Waals surface area contributed by atoms with Gasteiger partial charge in [-0.25, -0.2) is 47.7 Å². The molecule has 3 aliphatic rings. The maximum absolute atomic E-state index is 13.5. The fourth-order valence-corrected chi connectivity index (χ4v) is 7.54. The molecule has 0 radical (unpaired) electrons. The highest BCUT2D eigenvalue weighted by molar-refractivity contribution is 6.04. The van der Waals surface area contributed by atoms with Crippen LogP contribution in [0, 0.1) is 0 Å². The first-order chi connectivity index (χ1) is 41.0. The van der Waals surface area contributed by atoms with E-state index in [1.165, 1.54) is 38.6 Å². The summed E-state index contributed by atoms with van der Waals surface area (Å²) < 4.78 is 169. The number of carbonyl (C=O) groups is 3. The van der Waals surface area contributed by atoms with E-state index in [1.54, 1.807) is 52.5 Å². The Morgan fingerprint density at radius 3 is 1.55 bits per heavy atom. The molecule has 0 atom stereocenters. The van der Waals surface area contributed by atoms with E-state index in [9.17, 15) is 71.5 Å². The van der Waals surface area contributed by atoms with Crippen molar-refractivity contribution < 1.29 is 76.6 Å². The summed E-state index contributed by atoms with van der Waals surface area (Å²) in [6, 6.07) is 14.0. The Balaban J connectivity index is 0.000000187. The zero-order valence-electron chi connectivity index (χ0n) is 46.9. The molecule has 7 heterocycles. The highest BCUT2D eigenvalue weighted by atomic mass is 19.4. The van der Waals surface area contributed by atoms with Crippen molar-refractivity contribution in [3.05, 3.63) is 108 Å².